The van der Waals surface area contributed by atoms with Crippen molar-refractivity contribution in [3.8, 4) is 0 Å². The normalized spacial score (nSPS) is 15.9. The molecule has 112 valence electrons. The Hall–Kier alpha value is -0.710. The lowest BCUT2D eigenvalue weighted by molar-refractivity contribution is -0.124. The summed E-state index contributed by atoms with van der Waals surface area (Å²) in [6, 6.07) is 7.93. The quantitative estimate of drug-likeness (QED) is 0.758. The van der Waals surface area contributed by atoms with Gasteiger partial charge in [-0.1, -0.05) is 24.6 Å². The highest BCUT2D eigenvalue weighted by Gasteiger charge is 2.33. The molecule has 0 fully saturated rings. The fraction of sp³-hybridized carbons (Fsp3) is 0.533. The number of amides is 1. The molecule has 1 amide bonds. The van der Waals surface area contributed by atoms with E-state index < -0.39 is 5.54 Å². The SMILES string of the molecule is CC(C)NC(C)(CC(C)Sc1cccc(Cl)c1)C(N)=O. The molecule has 2 atom stereocenters. The zero-order valence-corrected chi connectivity index (χ0v) is 14.0. The summed E-state index contributed by atoms with van der Waals surface area (Å²) < 4.78 is 0. The zero-order chi connectivity index (χ0) is 15.3. The first-order valence-electron chi connectivity index (χ1n) is 6.73. The van der Waals surface area contributed by atoms with Crippen molar-refractivity contribution in [3.63, 3.8) is 0 Å². The summed E-state index contributed by atoms with van der Waals surface area (Å²) in [5.74, 6) is -0.315. The number of hydrogen-bond donors (Lipinski definition) is 2. The second-order valence-corrected chi connectivity index (χ2v) is 7.53. The van der Waals surface area contributed by atoms with Crippen LogP contribution in [-0.2, 0) is 4.79 Å². The molecule has 0 spiro atoms. The summed E-state index contributed by atoms with van der Waals surface area (Å²) in [5, 5.41) is 4.24. The van der Waals surface area contributed by atoms with Crippen LogP contribution in [0.5, 0.6) is 0 Å². The van der Waals surface area contributed by atoms with Crippen LogP contribution in [-0.4, -0.2) is 22.7 Å². The predicted molar refractivity (Wildman–Crippen MR) is 87.3 cm³/mol. The highest BCUT2D eigenvalue weighted by Crippen LogP contribution is 2.30. The van der Waals surface area contributed by atoms with Gasteiger partial charge in [0.05, 0.1) is 5.54 Å². The summed E-state index contributed by atoms with van der Waals surface area (Å²) in [6.07, 6.45) is 0.664. The van der Waals surface area contributed by atoms with Gasteiger partial charge in [-0.05, 0) is 45.4 Å². The molecule has 2 unspecified atom stereocenters. The first-order valence-corrected chi connectivity index (χ1v) is 7.98. The monoisotopic (exact) mass is 314 g/mol. The molecule has 20 heavy (non-hydrogen) atoms. The lowest BCUT2D eigenvalue weighted by Crippen LogP contribution is -2.56. The van der Waals surface area contributed by atoms with Crippen molar-refractivity contribution < 1.29 is 4.79 Å². The van der Waals surface area contributed by atoms with E-state index in [4.69, 9.17) is 17.3 Å². The van der Waals surface area contributed by atoms with Crippen LogP contribution in [0.3, 0.4) is 0 Å². The van der Waals surface area contributed by atoms with Crippen molar-refractivity contribution in [1.82, 2.24) is 5.32 Å². The minimum Gasteiger partial charge on any atom is -0.368 e. The molecule has 1 aromatic carbocycles. The average molecular weight is 315 g/mol. The van der Waals surface area contributed by atoms with Crippen LogP contribution >= 0.6 is 23.4 Å². The summed E-state index contributed by atoms with van der Waals surface area (Å²) in [7, 11) is 0. The van der Waals surface area contributed by atoms with Gasteiger partial charge in [0.25, 0.3) is 0 Å². The number of thioether (sulfide) groups is 1. The van der Waals surface area contributed by atoms with E-state index in [0.717, 1.165) is 9.92 Å². The standard InChI is InChI=1S/C15H23ClN2OS/c1-10(2)18-15(4,14(17)19)9-11(3)20-13-7-5-6-12(16)8-13/h5-8,10-11,18H,9H2,1-4H3,(H2,17,19). The third-order valence-corrected chi connectivity index (χ3v) is 4.31. The molecular weight excluding hydrogens is 292 g/mol. The third kappa shape index (κ3) is 5.35. The van der Waals surface area contributed by atoms with Crippen molar-refractivity contribution >= 4 is 29.3 Å². The molecule has 0 aromatic heterocycles. The Morgan fingerprint density at radius 1 is 1.45 bits per heavy atom. The van der Waals surface area contributed by atoms with Gasteiger partial charge < -0.3 is 11.1 Å². The van der Waals surface area contributed by atoms with Crippen LogP contribution in [0, 0.1) is 0 Å². The second-order valence-electron chi connectivity index (χ2n) is 5.59. The number of benzene rings is 1. The molecule has 3 nitrogen and oxygen atoms in total. The van der Waals surface area contributed by atoms with Crippen molar-refractivity contribution in [2.24, 2.45) is 5.73 Å². The largest absolute Gasteiger partial charge is 0.368 e. The minimum absolute atomic E-state index is 0.205. The van der Waals surface area contributed by atoms with Crippen molar-refractivity contribution in [3.05, 3.63) is 29.3 Å². The zero-order valence-electron chi connectivity index (χ0n) is 12.4. The topological polar surface area (TPSA) is 55.1 Å². The van der Waals surface area contributed by atoms with E-state index in [9.17, 15) is 4.79 Å². The molecule has 1 aromatic rings. The van der Waals surface area contributed by atoms with Gasteiger partial charge in [0.15, 0.2) is 0 Å². The molecule has 0 aliphatic rings. The van der Waals surface area contributed by atoms with Crippen LogP contribution in [0.4, 0.5) is 0 Å². The molecule has 1 rings (SSSR count). The summed E-state index contributed by atoms with van der Waals surface area (Å²) >= 11 is 7.68. The van der Waals surface area contributed by atoms with E-state index in [0.29, 0.717) is 6.42 Å². The van der Waals surface area contributed by atoms with E-state index in [2.05, 4.69) is 12.2 Å². The number of carbonyl (C=O) groups excluding carboxylic acids is 1. The number of carbonyl (C=O) groups is 1. The molecule has 0 aliphatic carbocycles. The maximum atomic E-state index is 11.7. The molecule has 5 heteroatoms. The molecule has 0 radical (unpaired) electrons. The van der Waals surface area contributed by atoms with Crippen molar-refractivity contribution in [2.45, 2.75) is 55.8 Å². The van der Waals surface area contributed by atoms with Gasteiger partial charge in [0.2, 0.25) is 5.91 Å². The minimum atomic E-state index is -0.695. The molecule has 0 aliphatic heterocycles. The van der Waals surface area contributed by atoms with Crippen molar-refractivity contribution in [1.29, 1.82) is 0 Å². The van der Waals surface area contributed by atoms with E-state index in [1.165, 1.54) is 0 Å². The number of rotatable bonds is 7. The molecule has 3 N–H and O–H groups in total. The fourth-order valence-electron chi connectivity index (χ4n) is 2.26. The lowest BCUT2D eigenvalue weighted by atomic mass is 9.94. The van der Waals surface area contributed by atoms with E-state index in [1.807, 2.05) is 45.0 Å². The Kier molecular flexibility index (Phi) is 6.37. The van der Waals surface area contributed by atoms with Crippen LogP contribution in [0.25, 0.3) is 0 Å². The summed E-state index contributed by atoms with van der Waals surface area (Å²) in [4.78, 5) is 12.8. The van der Waals surface area contributed by atoms with Gasteiger partial charge in [-0.15, -0.1) is 11.8 Å². The Labute approximate surface area is 130 Å². The van der Waals surface area contributed by atoms with Gasteiger partial charge in [0.1, 0.15) is 0 Å². The van der Waals surface area contributed by atoms with Crippen LogP contribution in [0.15, 0.2) is 29.2 Å². The molecule has 0 saturated heterocycles. The summed E-state index contributed by atoms with van der Waals surface area (Å²) in [6.45, 7) is 7.98. The Balaban J connectivity index is 2.71. The van der Waals surface area contributed by atoms with Gasteiger partial charge in [-0.3, -0.25) is 4.79 Å². The second kappa shape index (κ2) is 7.34. The van der Waals surface area contributed by atoms with Gasteiger partial charge in [-0.25, -0.2) is 0 Å². The van der Waals surface area contributed by atoms with Crippen LogP contribution in [0.1, 0.15) is 34.1 Å². The lowest BCUT2D eigenvalue weighted by Gasteiger charge is -2.32. The van der Waals surface area contributed by atoms with Crippen LogP contribution in [0.2, 0.25) is 5.02 Å². The van der Waals surface area contributed by atoms with E-state index in [1.54, 1.807) is 11.8 Å². The number of nitrogens with two attached hydrogens (primary N) is 1. The predicted octanol–water partition coefficient (Wildman–Crippen LogP) is 3.45. The maximum Gasteiger partial charge on any atom is 0.237 e. The number of nitrogens with one attached hydrogen (secondary N) is 1. The Bertz CT molecular complexity index is 467. The smallest absolute Gasteiger partial charge is 0.237 e. The van der Waals surface area contributed by atoms with Gasteiger partial charge in [-0.2, -0.15) is 0 Å². The maximum absolute atomic E-state index is 11.7. The molecule has 0 heterocycles. The number of hydrogen-bond acceptors (Lipinski definition) is 3. The Morgan fingerprint density at radius 2 is 2.10 bits per heavy atom. The van der Waals surface area contributed by atoms with E-state index in [-0.39, 0.29) is 17.2 Å². The Morgan fingerprint density at radius 3 is 2.60 bits per heavy atom. The average Bonchev–Trinajstić information content (AvgIpc) is 2.26. The number of halogens is 1. The third-order valence-electron chi connectivity index (χ3n) is 2.98. The fourth-order valence-corrected chi connectivity index (χ4v) is 3.75. The van der Waals surface area contributed by atoms with Gasteiger partial charge >= 0.3 is 0 Å². The highest BCUT2D eigenvalue weighted by atomic mass is 35.5. The highest BCUT2D eigenvalue weighted by molar-refractivity contribution is 8.00. The van der Waals surface area contributed by atoms with Crippen LogP contribution < -0.4 is 11.1 Å². The summed E-state index contributed by atoms with van der Waals surface area (Å²) in [5.41, 5.74) is 4.86. The first-order chi connectivity index (χ1) is 9.23. The van der Waals surface area contributed by atoms with Crippen molar-refractivity contribution in [2.75, 3.05) is 0 Å². The number of primary amides is 1. The first kappa shape index (κ1) is 17.3. The van der Waals surface area contributed by atoms with Gasteiger partial charge in [0, 0.05) is 21.2 Å². The molecular formula is C15H23ClN2OS. The van der Waals surface area contributed by atoms with E-state index >= 15 is 0 Å². The molecule has 0 bridgehead atoms. The molecule has 0 saturated carbocycles.